The van der Waals surface area contributed by atoms with Crippen LogP contribution in [0.15, 0.2) is 115 Å². The number of carboxylic acid groups (broad SMARTS) is 1. The van der Waals surface area contributed by atoms with Gasteiger partial charge in [0.25, 0.3) is 30.4 Å². The smallest absolute Gasteiger partial charge is 0.338 e. The molecule has 0 aromatic heterocycles. The van der Waals surface area contributed by atoms with Gasteiger partial charge in [-0.15, -0.1) is 3.63 Å². The summed E-state index contributed by atoms with van der Waals surface area (Å²) in [6.07, 6.45) is 0.412. The Bertz CT molecular complexity index is 3210. The second-order valence-corrected chi connectivity index (χ2v) is 21.6. The van der Waals surface area contributed by atoms with Crippen LogP contribution in [-0.2, 0) is 72.2 Å². The Morgan fingerprint density at radius 1 is 0.492 bits per heavy atom. The van der Waals surface area contributed by atoms with Crippen LogP contribution in [0.1, 0.15) is 70.0 Å². The summed E-state index contributed by atoms with van der Waals surface area (Å²) in [4.78, 5) is 32.0. The van der Waals surface area contributed by atoms with Gasteiger partial charge in [-0.1, -0.05) is 12.1 Å². The molecule has 0 fully saturated rings. The molecular weight excluding hydrogens is 961 g/mol. The van der Waals surface area contributed by atoms with Crippen molar-refractivity contribution in [2.45, 2.75) is 72.3 Å². The summed E-state index contributed by atoms with van der Waals surface area (Å²) in [6.45, 7) is 7.15. The number of carbonyl (C=O) groups is 3. The minimum absolute atomic E-state index is 0.0153. The number of esters is 1. The largest absolute Gasteiger partial charge is 0.478 e. The highest BCUT2D eigenvalue weighted by atomic mass is 32.3. The van der Waals surface area contributed by atoms with Crippen molar-refractivity contribution in [3.63, 3.8) is 0 Å². The maximum absolute atomic E-state index is 12.8. The predicted molar refractivity (Wildman–Crippen MR) is 228 cm³/mol. The summed E-state index contributed by atoms with van der Waals surface area (Å²) in [5.41, 5.74) is 2.58. The first-order chi connectivity index (χ1) is 29.7. The van der Waals surface area contributed by atoms with Gasteiger partial charge < -0.3 is 14.9 Å². The fourth-order valence-corrected chi connectivity index (χ4v) is 10.3. The molecule has 5 rings (SSSR count). The molecule has 0 saturated carbocycles. The summed E-state index contributed by atoms with van der Waals surface area (Å²) in [6, 6.07) is 18.3. The van der Waals surface area contributed by atoms with Crippen LogP contribution in [0.4, 0.5) is 0 Å². The van der Waals surface area contributed by atoms with Crippen molar-refractivity contribution >= 4 is 68.8 Å². The molecule has 0 aliphatic heterocycles. The number of aliphatic hydroxyl groups is 1. The van der Waals surface area contributed by atoms with Crippen LogP contribution in [0, 0.1) is 34.6 Å². The van der Waals surface area contributed by atoms with Gasteiger partial charge in [0.1, 0.15) is 12.9 Å². The highest BCUT2D eigenvalue weighted by Gasteiger charge is 2.28. The van der Waals surface area contributed by atoms with E-state index in [1.54, 1.807) is 13.8 Å². The topological polar surface area (TPSA) is 342 Å². The highest BCUT2D eigenvalue weighted by molar-refractivity contribution is 8.00. The van der Waals surface area contributed by atoms with Gasteiger partial charge in [0.05, 0.1) is 42.2 Å². The number of aromatic carboxylic acids is 1. The predicted octanol–water partition coefficient (Wildman–Crippen LogP) is 4.80. The third-order valence-corrected chi connectivity index (χ3v) is 13.8. The lowest BCUT2D eigenvalue weighted by atomic mass is 10.1. The molecule has 0 saturated heterocycles. The van der Waals surface area contributed by atoms with E-state index in [1.165, 1.54) is 51.1 Å². The number of aldehydes is 1. The number of aryl methyl sites for hydroxylation is 5. The number of carboxylic acids is 1. The van der Waals surface area contributed by atoms with E-state index in [4.69, 9.17) is 24.1 Å². The van der Waals surface area contributed by atoms with Crippen LogP contribution < -0.4 is 0 Å². The van der Waals surface area contributed by atoms with Crippen molar-refractivity contribution in [1.82, 2.24) is 0 Å². The van der Waals surface area contributed by atoms with Gasteiger partial charge in [0.15, 0.2) is 0 Å². The molecule has 25 heteroatoms. The molecule has 0 amide bonds. The lowest BCUT2D eigenvalue weighted by Crippen LogP contribution is -2.15. The quantitative estimate of drug-likeness (QED) is 0.0601. The van der Waals surface area contributed by atoms with E-state index in [0.29, 0.717) is 23.0 Å². The first kappa shape index (κ1) is 53.6. The Kier molecular flexibility index (Phi) is 17.4. The van der Waals surface area contributed by atoms with E-state index in [0.717, 1.165) is 65.7 Å². The van der Waals surface area contributed by atoms with E-state index in [2.05, 4.69) is 3.63 Å². The van der Waals surface area contributed by atoms with Gasteiger partial charge >= 0.3 is 32.2 Å². The molecule has 0 radical (unpaired) electrons. The zero-order chi connectivity index (χ0) is 49.5. The molecule has 0 aliphatic rings. The molecule has 65 heavy (non-hydrogen) atoms. The van der Waals surface area contributed by atoms with E-state index in [1.807, 2.05) is 6.07 Å². The van der Waals surface area contributed by atoms with Gasteiger partial charge in [-0.2, -0.15) is 42.1 Å². The normalized spacial score (nSPS) is 11.9. The third kappa shape index (κ3) is 16.0. The maximum Gasteiger partial charge on any atom is 0.338 e. The summed E-state index contributed by atoms with van der Waals surface area (Å²) < 4.78 is 153. The van der Waals surface area contributed by atoms with E-state index in [-0.39, 0.29) is 32.7 Å². The molecule has 20 nitrogen and oxygen atoms in total. The minimum Gasteiger partial charge on any atom is -0.478 e. The number of benzene rings is 5. The van der Waals surface area contributed by atoms with E-state index < -0.39 is 95.3 Å². The van der Waals surface area contributed by atoms with Gasteiger partial charge in [-0.05, 0) is 152 Å². The van der Waals surface area contributed by atoms with Crippen molar-refractivity contribution in [2.24, 2.45) is 0 Å². The Balaban J connectivity index is 0.000000336. The highest BCUT2D eigenvalue weighted by Crippen LogP contribution is 2.25. The van der Waals surface area contributed by atoms with E-state index >= 15 is 0 Å². The average Bonchev–Trinajstić information content (AvgIpc) is 3.17. The lowest BCUT2D eigenvalue weighted by Gasteiger charge is -2.11. The Hall–Kier alpha value is -5.74. The number of ether oxygens (including phenoxy) is 1. The lowest BCUT2D eigenvalue weighted by molar-refractivity contribution is 0.0471. The summed E-state index contributed by atoms with van der Waals surface area (Å²) in [7, 11) is -22.8. The zero-order valence-electron chi connectivity index (χ0n) is 34.6. The Morgan fingerprint density at radius 2 is 0.892 bits per heavy atom. The van der Waals surface area contributed by atoms with Crippen LogP contribution in [0.2, 0.25) is 0 Å². The second kappa shape index (κ2) is 21.0. The average molecular weight is 1000 g/mol. The number of carbonyl (C=O) groups excluding carboxylic acids is 2. The van der Waals surface area contributed by atoms with Gasteiger partial charge in [-0.25, -0.2) is 9.59 Å². The molecule has 350 valence electrons. The monoisotopic (exact) mass is 1000 g/mol. The number of hydrogen-bond acceptors (Lipinski definition) is 16. The molecule has 5 N–H and O–H groups in total. The van der Waals surface area contributed by atoms with Crippen molar-refractivity contribution in [3.8, 4) is 0 Å². The molecule has 0 spiro atoms. The molecule has 0 aliphatic carbocycles. The fourth-order valence-electron chi connectivity index (χ4n) is 5.59. The number of hydrogen-bond donors (Lipinski definition) is 5. The van der Waals surface area contributed by atoms with Crippen LogP contribution in [0.3, 0.4) is 0 Å². The maximum atomic E-state index is 12.8. The SMILES string of the molecule is Cc1cc(C(=O)OCc2cc(C)cc(S(=O)(=O)OS(=O)(=O)c3cc(C)cc(C=O)c3)c2)cc(S(=O)(=O)O)c1.Cc1cc(C)cc(S(=O)(=O)O)c1.O=C(O)c1cc(CO)cc(S(=O)(=O)O)c1. The molecule has 0 atom stereocenters. The van der Waals surface area contributed by atoms with Gasteiger partial charge in [0, 0.05) is 5.56 Å². The zero-order valence-corrected chi connectivity index (χ0v) is 38.6. The minimum atomic E-state index is -4.87. The molecular formula is C40H40O20S5. The van der Waals surface area contributed by atoms with E-state index in [9.17, 15) is 61.0 Å². The molecule has 5 aromatic carbocycles. The fraction of sp³-hybridized carbons (Fsp3) is 0.175. The first-order valence-corrected chi connectivity index (χ1v) is 25.0. The van der Waals surface area contributed by atoms with Gasteiger partial charge in [-0.3, -0.25) is 18.5 Å². The molecule has 0 unspecified atom stereocenters. The number of rotatable bonds is 13. The summed E-state index contributed by atoms with van der Waals surface area (Å²) in [5, 5.41) is 17.4. The molecule has 5 aromatic rings. The van der Waals surface area contributed by atoms with Crippen LogP contribution in [0.25, 0.3) is 0 Å². The van der Waals surface area contributed by atoms with Crippen LogP contribution >= 0.6 is 0 Å². The third-order valence-electron chi connectivity index (χ3n) is 8.22. The van der Waals surface area contributed by atoms with Gasteiger partial charge in [0.2, 0.25) is 0 Å². The van der Waals surface area contributed by atoms with Crippen molar-refractivity contribution in [2.75, 3.05) is 0 Å². The standard InChI is InChI=1S/C24H22O11S3.C8H8O6S.C8H10O3S/c1-15-4-18(13-25)10-22(8-15)37(30,31)35-38(32,33)23-9-16(2)5-19(11-23)14-34-24(26)20-6-17(3)7-21(12-20)36(27,28)29;9-4-5-1-6(8(10)11)3-7(2-5)15(12,13)14;1-6-3-7(2)5-8(4-6)12(9,10)11/h4-13H,14H2,1-3H3,(H,27,28,29);1-3,9H,4H2,(H,10,11)(H,12,13,14);3-5H,1-2H3,(H,9,10,11). The molecule has 0 bridgehead atoms. The van der Waals surface area contributed by atoms with Crippen LogP contribution in [-0.4, -0.2) is 84.2 Å². The van der Waals surface area contributed by atoms with Crippen LogP contribution in [0.5, 0.6) is 0 Å². The number of aliphatic hydroxyl groups excluding tert-OH is 1. The summed E-state index contributed by atoms with van der Waals surface area (Å²) in [5.74, 6) is -2.29. The van der Waals surface area contributed by atoms with Crippen molar-refractivity contribution in [3.05, 3.63) is 147 Å². The van der Waals surface area contributed by atoms with Crippen molar-refractivity contribution < 1.29 is 88.7 Å². The first-order valence-electron chi connectivity index (χ1n) is 17.9. The molecule has 0 heterocycles. The Morgan fingerprint density at radius 3 is 1.37 bits per heavy atom. The summed E-state index contributed by atoms with van der Waals surface area (Å²) >= 11 is 0. The Labute approximate surface area is 374 Å². The second-order valence-electron chi connectivity index (χ2n) is 14.0. The van der Waals surface area contributed by atoms with Crippen molar-refractivity contribution in [1.29, 1.82) is 0 Å².